The summed E-state index contributed by atoms with van der Waals surface area (Å²) in [6.45, 7) is 11.9. The first-order valence-corrected chi connectivity index (χ1v) is 11.5. The second-order valence-corrected chi connectivity index (χ2v) is 9.66. The van der Waals surface area contributed by atoms with Gasteiger partial charge < -0.3 is 15.0 Å². The number of rotatable bonds is 9. The summed E-state index contributed by atoms with van der Waals surface area (Å²) in [5, 5.41) is 3.55. The fourth-order valence-corrected chi connectivity index (χ4v) is 3.69. The van der Waals surface area contributed by atoms with Gasteiger partial charge in [0.15, 0.2) is 6.61 Å². The lowest BCUT2D eigenvalue weighted by Crippen LogP contribution is -2.54. The molecule has 0 aliphatic heterocycles. The van der Waals surface area contributed by atoms with Gasteiger partial charge in [-0.25, -0.2) is 0 Å². The van der Waals surface area contributed by atoms with Gasteiger partial charge in [0, 0.05) is 17.1 Å². The molecule has 0 saturated heterocycles. The predicted octanol–water partition coefficient (Wildman–Crippen LogP) is 5.56. The third-order valence-electron chi connectivity index (χ3n) is 5.07. The highest BCUT2D eigenvalue weighted by Crippen LogP contribution is 2.26. The maximum absolute atomic E-state index is 13.4. The van der Waals surface area contributed by atoms with Crippen molar-refractivity contribution < 1.29 is 14.3 Å². The molecule has 1 atom stereocenters. The lowest BCUT2D eigenvalue weighted by atomic mass is 10.0. The summed E-state index contributed by atoms with van der Waals surface area (Å²) in [5.41, 5.74) is 1.42. The van der Waals surface area contributed by atoms with Crippen molar-refractivity contribution in [1.29, 1.82) is 0 Å². The smallest absolute Gasteiger partial charge is 0.261 e. The minimum Gasteiger partial charge on any atom is -0.483 e. The standard InChI is InChI=1S/C26H35ClN2O3/c1-7-22(25(31)28-26(4,5)6)29(16-19-12-8-10-14-21(19)27)24(30)17-32-23-15-11-9-13-20(23)18(2)3/h8-15,18,22H,7,16-17H2,1-6H3,(H,28,31)/t22-/m0/s1. The molecule has 0 aromatic heterocycles. The van der Waals surface area contributed by atoms with Gasteiger partial charge in [-0.15, -0.1) is 0 Å². The minimum atomic E-state index is -0.637. The Morgan fingerprint density at radius 3 is 2.28 bits per heavy atom. The fourth-order valence-electron chi connectivity index (χ4n) is 3.49. The Hall–Kier alpha value is -2.53. The van der Waals surface area contributed by atoms with Gasteiger partial charge in [0.05, 0.1) is 0 Å². The largest absolute Gasteiger partial charge is 0.483 e. The maximum Gasteiger partial charge on any atom is 0.261 e. The van der Waals surface area contributed by atoms with E-state index in [0.717, 1.165) is 11.1 Å². The minimum absolute atomic E-state index is 0.159. The molecule has 0 saturated carbocycles. The van der Waals surface area contributed by atoms with Gasteiger partial charge in [-0.3, -0.25) is 9.59 Å². The first-order valence-electron chi connectivity index (χ1n) is 11.1. The monoisotopic (exact) mass is 458 g/mol. The van der Waals surface area contributed by atoms with Crippen LogP contribution in [0.3, 0.4) is 0 Å². The zero-order valence-corrected chi connectivity index (χ0v) is 20.7. The number of nitrogens with one attached hydrogen (secondary N) is 1. The highest BCUT2D eigenvalue weighted by Gasteiger charge is 2.31. The molecule has 1 N–H and O–H groups in total. The third-order valence-corrected chi connectivity index (χ3v) is 5.44. The molecule has 6 heteroatoms. The molecule has 0 unspecified atom stereocenters. The second kappa shape index (κ2) is 11.4. The topological polar surface area (TPSA) is 58.6 Å². The second-order valence-electron chi connectivity index (χ2n) is 9.26. The Balaban J connectivity index is 2.29. The molecule has 2 aromatic carbocycles. The summed E-state index contributed by atoms with van der Waals surface area (Å²) in [6, 6.07) is 14.4. The van der Waals surface area contributed by atoms with E-state index in [1.165, 1.54) is 0 Å². The number of benzene rings is 2. The number of carbonyl (C=O) groups excluding carboxylic acids is 2. The Morgan fingerprint density at radius 1 is 1.06 bits per heavy atom. The van der Waals surface area contributed by atoms with E-state index in [0.29, 0.717) is 17.2 Å². The summed E-state index contributed by atoms with van der Waals surface area (Å²) < 4.78 is 5.93. The predicted molar refractivity (Wildman–Crippen MR) is 130 cm³/mol. The average Bonchev–Trinajstić information content (AvgIpc) is 2.72. The van der Waals surface area contributed by atoms with Crippen LogP contribution in [0.15, 0.2) is 48.5 Å². The lowest BCUT2D eigenvalue weighted by Gasteiger charge is -2.33. The molecular formula is C26H35ClN2O3. The maximum atomic E-state index is 13.4. The first-order chi connectivity index (χ1) is 15.0. The number of carbonyl (C=O) groups is 2. The quantitative estimate of drug-likeness (QED) is 0.534. The van der Waals surface area contributed by atoms with Gasteiger partial charge in [-0.05, 0) is 56.4 Å². The van der Waals surface area contributed by atoms with Crippen LogP contribution in [-0.2, 0) is 16.1 Å². The number of hydrogen-bond donors (Lipinski definition) is 1. The summed E-state index contributed by atoms with van der Waals surface area (Å²) in [5.74, 6) is 0.490. The zero-order chi connectivity index (χ0) is 23.9. The van der Waals surface area contributed by atoms with Crippen molar-refractivity contribution >= 4 is 23.4 Å². The summed E-state index contributed by atoms with van der Waals surface area (Å²) in [4.78, 5) is 28.0. The average molecular weight is 459 g/mol. The number of amides is 2. The van der Waals surface area contributed by atoms with Crippen molar-refractivity contribution in [3.63, 3.8) is 0 Å². The number of ether oxygens (including phenoxy) is 1. The van der Waals surface area contributed by atoms with Crippen LogP contribution in [0.4, 0.5) is 0 Å². The van der Waals surface area contributed by atoms with E-state index < -0.39 is 11.6 Å². The fraction of sp³-hybridized carbons (Fsp3) is 0.462. The van der Waals surface area contributed by atoms with Crippen LogP contribution in [0.5, 0.6) is 5.75 Å². The van der Waals surface area contributed by atoms with Gasteiger partial charge in [-0.2, -0.15) is 0 Å². The number of nitrogens with zero attached hydrogens (tertiary/aromatic N) is 1. The van der Waals surface area contributed by atoms with Crippen molar-refractivity contribution in [3.8, 4) is 5.75 Å². The molecule has 2 amide bonds. The molecule has 174 valence electrons. The van der Waals surface area contributed by atoms with Crippen LogP contribution >= 0.6 is 11.6 Å². The van der Waals surface area contributed by atoms with Crippen molar-refractivity contribution in [2.75, 3.05) is 6.61 Å². The number of para-hydroxylation sites is 1. The molecule has 0 bridgehead atoms. The van der Waals surface area contributed by atoms with Gasteiger partial charge in [-0.1, -0.05) is 68.8 Å². The molecule has 0 aliphatic rings. The van der Waals surface area contributed by atoms with E-state index in [1.807, 2.05) is 70.2 Å². The van der Waals surface area contributed by atoms with Crippen LogP contribution < -0.4 is 10.1 Å². The highest BCUT2D eigenvalue weighted by atomic mass is 35.5. The Bertz CT molecular complexity index is 921. The van der Waals surface area contributed by atoms with Crippen molar-refractivity contribution in [2.45, 2.75) is 72.0 Å². The van der Waals surface area contributed by atoms with E-state index in [2.05, 4.69) is 19.2 Å². The first kappa shape index (κ1) is 25.7. The van der Waals surface area contributed by atoms with E-state index >= 15 is 0 Å². The van der Waals surface area contributed by atoms with Crippen molar-refractivity contribution in [3.05, 3.63) is 64.7 Å². The summed E-state index contributed by atoms with van der Waals surface area (Å²) in [6.07, 6.45) is 0.473. The molecule has 5 nitrogen and oxygen atoms in total. The van der Waals surface area contributed by atoms with Crippen LogP contribution in [0.25, 0.3) is 0 Å². The van der Waals surface area contributed by atoms with Gasteiger partial charge in [0.25, 0.3) is 5.91 Å². The molecule has 0 aliphatic carbocycles. The van der Waals surface area contributed by atoms with Crippen LogP contribution in [0.1, 0.15) is 65.0 Å². The molecule has 2 aromatic rings. The Labute approximate surface area is 197 Å². The molecule has 0 heterocycles. The van der Waals surface area contributed by atoms with E-state index in [-0.39, 0.29) is 30.9 Å². The van der Waals surface area contributed by atoms with E-state index in [9.17, 15) is 9.59 Å². The van der Waals surface area contributed by atoms with Crippen LogP contribution in [0.2, 0.25) is 5.02 Å². The highest BCUT2D eigenvalue weighted by molar-refractivity contribution is 6.31. The van der Waals surface area contributed by atoms with Crippen molar-refractivity contribution in [1.82, 2.24) is 10.2 Å². The van der Waals surface area contributed by atoms with Crippen LogP contribution in [0, 0.1) is 0 Å². The molecule has 2 rings (SSSR count). The summed E-state index contributed by atoms with van der Waals surface area (Å²) in [7, 11) is 0. The number of halogens is 1. The third kappa shape index (κ3) is 7.27. The van der Waals surface area contributed by atoms with Crippen LogP contribution in [-0.4, -0.2) is 34.9 Å². The Morgan fingerprint density at radius 2 is 1.69 bits per heavy atom. The molecule has 0 radical (unpaired) electrons. The normalized spacial score (nSPS) is 12.4. The summed E-state index contributed by atoms with van der Waals surface area (Å²) >= 11 is 6.37. The van der Waals surface area contributed by atoms with Gasteiger partial charge in [0.2, 0.25) is 5.91 Å². The van der Waals surface area contributed by atoms with E-state index in [4.69, 9.17) is 16.3 Å². The van der Waals surface area contributed by atoms with E-state index in [1.54, 1.807) is 11.0 Å². The molecule has 32 heavy (non-hydrogen) atoms. The number of hydrogen-bond acceptors (Lipinski definition) is 3. The van der Waals surface area contributed by atoms with Crippen molar-refractivity contribution in [2.24, 2.45) is 0 Å². The van der Waals surface area contributed by atoms with Gasteiger partial charge in [0.1, 0.15) is 11.8 Å². The lowest BCUT2D eigenvalue weighted by molar-refractivity contribution is -0.143. The SMILES string of the molecule is CC[C@@H](C(=O)NC(C)(C)C)N(Cc1ccccc1Cl)C(=O)COc1ccccc1C(C)C. The zero-order valence-electron chi connectivity index (χ0n) is 19.9. The molecule has 0 fully saturated rings. The molecule has 0 spiro atoms. The molecular weight excluding hydrogens is 424 g/mol. The van der Waals surface area contributed by atoms with Gasteiger partial charge >= 0.3 is 0 Å². The Kier molecular flexibility index (Phi) is 9.14.